The molecule has 2 unspecified atom stereocenters. The van der Waals surface area contributed by atoms with E-state index in [1.165, 1.54) is 12.8 Å². The number of hydrogen-bond acceptors (Lipinski definition) is 2. The quantitative estimate of drug-likeness (QED) is 0.599. The van der Waals surface area contributed by atoms with E-state index < -0.39 is 0 Å². The first-order valence-electron chi connectivity index (χ1n) is 6.00. The van der Waals surface area contributed by atoms with Gasteiger partial charge in [0.2, 0.25) is 0 Å². The zero-order chi connectivity index (χ0) is 12.8. The average Bonchev–Trinajstić information content (AvgIpc) is 2.30. The van der Waals surface area contributed by atoms with E-state index in [4.69, 9.17) is 29.0 Å². The van der Waals surface area contributed by atoms with E-state index in [1.54, 1.807) is 6.07 Å². The van der Waals surface area contributed by atoms with Crippen molar-refractivity contribution in [3.8, 4) is 0 Å². The van der Waals surface area contributed by atoms with Gasteiger partial charge in [-0.2, -0.15) is 0 Å². The van der Waals surface area contributed by atoms with Gasteiger partial charge in [-0.3, -0.25) is 11.3 Å². The van der Waals surface area contributed by atoms with Crippen LogP contribution in [0.4, 0.5) is 0 Å². The predicted molar refractivity (Wildman–Crippen MR) is 75.2 cm³/mol. The third-order valence-corrected chi connectivity index (χ3v) is 3.81. The lowest BCUT2D eigenvalue weighted by Crippen LogP contribution is -2.29. The number of halogens is 2. The molecule has 0 fully saturated rings. The molecule has 0 aliphatic carbocycles. The van der Waals surface area contributed by atoms with E-state index in [-0.39, 0.29) is 6.04 Å². The Bertz CT molecular complexity index is 355. The third kappa shape index (κ3) is 4.14. The van der Waals surface area contributed by atoms with Crippen molar-refractivity contribution >= 4 is 23.2 Å². The fourth-order valence-electron chi connectivity index (χ4n) is 2.09. The third-order valence-electron chi connectivity index (χ3n) is 2.98. The Morgan fingerprint density at radius 2 is 2.06 bits per heavy atom. The number of rotatable bonds is 6. The normalized spacial score (nSPS) is 14.6. The maximum absolute atomic E-state index is 6.20. The Balaban J connectivity index is 2.82. The first-order chi connectivity index (χ1) is 8.10. The number of nitrogens with one attached hydrogen (secondary N) is 1. The standard InChI is InChI=1S/C13H20Cl2N2/c1-3-5-9(2)8-12(17-16)10-6-4-7-11(14)13(10)15/h4,6-7,9,12,17H,3,5,8,16H2,1-2H3. The first-order valence-corrected chi connectivity index (χ1v) is 6.75. The summed E-state index contributed by atoms with van der Waals surface area (Å²) < 4.78 is 0. The van der Waals surface area contributed by atoms with Gasteiger partial charge in [0.15, 0.2) is 0 Å². The highest BCUT2D eigenvalue weighted by Gasteiger charge is 2.17. The van der Waals surface area contributed by atoms with Crippen molar-refractivity contribution in [3.63, 3.8) is 0 Å². The summed E-state index contributed by atoms with van der Waals surface area (Å²) in [7, 11) is 0. The molecular formula is C13H20Cl2N2. The molecule has 0 saturated carbocycles. The summed E-state index contributed by atoms with van der Waals surface area (Å²) >= 11 is 12.2. The number of benzene rings is 1. The lowest BCUT2D eigenvalue weighted by atomic mass is 9.93. The molecule has 2 nitrogen and oxygen atoms in total. The van der Waals surface area contributed by atoms with E-state index in [0.717, 1.165) is 12.0 Å². The van der Waals surface area contributed by atoms with Crippen LogP contribution in [0, 0.1) is 5.92 Å². The second-order valence-electron chi connectivity index (χ2n) is 4.49. The summed E-state index contributed by atoms with van der Waals surface area (Å²) in [6.07, 6.45) is 3.34. The zero-order valence-corrected chi connectivity index (χ0v) is 11.9. The molecule has 0 aliphatic rings. The molecule has 1 aromatic rings. The Hall–Kier alpha value is -0.280. The van der Waals surface area contributed by atoms with Crippen molar-refractivity contribution in [2.24, 2.45) is 11.8 Å². The van der Waals surface area contributed by atoms with E-state index in [2.05, 4.69) is 19.3 Å². The van der Waals surface area contributed by atoms with Gasteiger partial charge in [0.25, 0.3) is 0 Å². The van der Waals surface area contributed by atoms with E-state index in [0.29, 0.717) is 16.0 Å². The molecule has 4 heteroatoms. The molecule has 0 spiro atoms. The molecule has 96 valence electrons. The van der Waals surface area contributed by atoms with Crippen LogP contribution in [-0.2, 0) is 0 Å². The molecule has 0 amide bonds. The van der Waals surface area contributed by atoms with Crippen LogP contribution in [-0.4, -0.2) is 0 Å². The number of hydrazine groups is 1. The molecule has 17 heavy (non-hydrogen) atoms. The summed E-state index contributed by atoms with van der Waals surface area (Å²) in [5, 5.41) is 1.17. The minimum Gasteiger partial charge on any atom is -0.271 e. The molecular weight excluding hydrogens is 255 g/mol. The summed E-state index contributed by atoms with van der Waals surface area (Å²) in [5.74, 6) is 6.22. The Morgan fingerprint density at radius 3 is 2.65 bits per heavy atom. The summed E-state index contributed by atoms with van der Waals surface area (Å²) in [5.41, 5.74) is 3.81. The average molecular weight is 275 g/mol. The largest absolute Gasteiger partial charge is 0.271 e. The molecule has 0 heterocycles. The summed E-state index contributed by atoms with van der Waals surface area (Å²) in [4.78, 5) is 0. The molecule has 0 radical (unpaired) electrons. The zero-order valence-electron chi connectivity index (χ0n) is 10.3. The minimum atomic E-state index is 0.0581. The summed E-state index contributed by atoms with van der Waals surface area (Å²) in [6.45, 7) is 4.42. The van der Waals surface area contributed by atoms with Crippen molar-refractivity contribution in [1.29, 1.82) is 0 Å². The highest BCUT2D eigenvalue weighted by molar-refractivity contribution is 6.42. The maximum Gasteiger partial charge on any atom is 0.0640 e. The fourth-order valence-corrected chi connectivity index (χ4v) is 2.53. The molecule has 2 atom stereocenters. The van der Waals surface area contributed by atoms with E-state index in [1.807, 2.05) is 12.1 Å². The monoisotopic (exact) mass is 274 g/mol. The Labute approximate surface area is 113 Å². The molecule has 1 aromatic carbocycles. The van der Waals surface area contributed by atoms with Crippen molar-refractivity contribution in [2.45, 2.75) is 39.2 Å². The van der Waals surface area contributed by atoms with Gasteiger partial charge in [-0.15, -0.1) is 0 Å². The second-order valence-corrected chi connectivity index (χ2v) is 5.28. The van der Waals surface area contributed by atoms with Gasteiger partial charge in [0, 0.05) is 6.04 Å². The van der Waals surface area contributed by atoms with Gasteiger partial charge in [-0.1, -0.05) is 62.0 Å². The van der Waals surface area contributed by atoms with Gasteiger partial charge in [-0.05, 0) is 24.0 Å². The SMILES string of the molecule is CCCC(C)CC(NN)c1cccc(Cl)c1Cl. The van der Waals surface area contributed by atoms with E-state index >= 15 is 0 Å². The van der Waals surface area contributed by atoms with Crippen LogP contribution < -0.4 is 11.3 Å². The minimum absolute atomic E-state index is 0.0581. The molecule has 0 aromatic heterocycles. The smallest absolute Gasteiger partial charge is 0.0640 e. The molecule has 1 rings (SSSR count). The van der Waals surface area contributed by atoms with Crippen LogP contribution in [0.1, 0.15) is 44.7 Å². The van der Waals surface area contributed by atoms with Gasteiger partial charge >= 0.3 is 0 Å². The number of nitrogens with two attached hydrogens (primary N) is 1. The lowest BCUT2D eigenvalue weighted by molar-refractivity contribution is 0.395. The van der Waals surface area contributed by atoms with Crippen molar-refractivity contribution in [3.05, 3.63) is 33.8 Å². The van der Waals surface area contributed by atoms with Gasteiger partial charge in [0.1, 0.15) is 0 Å². The van der Waals surface area contributed by atoms with Crippen LogP contribution in [0.3, 0.4) is 0 Å². The molecule has 0 saturated heterocycles. The molecule has 3 N–H and O–H groups in total. The van der Waals surface area contributed by atoms with Crippen molar-refractivity contribution in [1.82, 2.24) is 5.43 Å². The Kier molecular flexibility index (Phi) is 6.28. The predicted octanol–water partition coefficient (Wildman–Crippen LogP) is 4.32. The van der Waals surface area contributed by atoms with Crippen molar-refractivity contribution < 1.29 is 0 Å². The van der Waals surface area contributed by atoms with Crippen LogP contribution in [0.15, 0.2) is 18.2 Å². The maximum atomic E-state index is 6.20. The molecule has 0 aliphatic heterocycles. The van der Waals surface area contributed by atoms with Crippen molar-refractivity contribution in [2.75, 3.05) is 0 Å². The van der Waals surface area contributed by atoms with Crippen LogP contribution in [0.5, 0.6) is 0 Å². The van der Waals surface area contributed by atoms with Gasteiger partial charge < -0.3 is 0 Å². The highest BCUT2D eigenvalue weighted by atomic mass is 35.5. The van der Waals surface area contributed by atoms with Crippen LogP contribution in [0.2, 0.25) is 10.0 Å². The fraction of sp³-hybridized carbons (Fsp3) is 0.538. The van der Waals surface area contributed by atoms with E-state index in [9.17, 15) is 0 Å². The first kappa shape index (κ1) is 14.8. The highest BCUT2D eigenvalue weighted by Crippen LogP contribution is 2.32. The Morgan fingerprint density at radius 1 is 1.35 bits per heavy atom. The van der Waals surface area contributed by atoms with Crippen LogP contribution >= 0.6 is 23.2 Å². The second kappa shape index (κ2) is 7.22. The topological polar surface area (TPSA) is 38.0 Å². The van der Waals surface area contributed by atoms with Gasteiger partial charge in [-0.25, -0.2) is 0 Å². The summed E-state index contributed by atoms with van der Waals surface area (Å²) in [6, 6.07) is 5.72. The van der Waals surface area contributed by atoms with Gasteiger partial charge in [0.05, 0.1) is 10.0 Å². The number of hydrogen-bond donors (Lipinski definition) is 2. The lowest BCUT2D eigenvalue weighted by Gasteiger charge is -2.21. The van der Waals surface area contributed by atoms with Crippen LogP contribution in [0.25, 0.3) is 0 Å². The molecule has 0 bridgehead atoms.